The smallest absolute Gasteiger partial charge is 0.335 e. The first kappa shape index (κ1) is 30.6. The maximum atomic E-state index is 13.4. The van der Waals surface area contributed by atoms with Crippen LogP contribution in [0.5, 0.6) is 5.75 Å². The average molecular weight is 596 g/mol. The molecule has 0 aliphatic heterocycles. The lowest BCUT2D eigenvalue weighted by atomic mass is 10.1. The Hall–Kier alpha value is -5.35. The van der Waals surface area contributed by atoms with E-state index in [2.05, 4.69) is 16.0 Å². The SMILES string of the molecule is CCOc1ccc(/C=C(/NC(=O)c2ccccc2)C(=O)Nc2cccc(SCC(=O)Nc3ccc(C(=O)O)cc3)c2)cc1. The minimum absolute atomic E-state index is 0.0457. The molecule has 0 aromatic heterocycles. The van der Waals surface area contributed by atoms with Gasteiger partial charge in [-0.25, -0.2) is 4.79 Å². The van der Waals surface area contributed by atoms with Crippen molar-refractivity contribution in [3.8, 4) is 5.75 Å². The Morgan fingerprint density at radius 1 is 0.791 bits per heavy atom. The van der Waals surface area contributed by atoms with Crippen LogP contribution in [0.3, 0.4) is 0 Å². The molecule has 0 heterocycles. The number of carbonyl (C=O) groups excluding carboxylic acids is 3. The predicted molar refractivity (Wildman–Crippen MR) is 167 cm³/mol. The minimum Gasteiger partial charge on any atom is -0.494 e. The third-order valence-corrected chi connectivity index (χ3v) is 6.90. The number of carbonyl (C=O) groups is 4. The van der Waals surface area contributed by atoms with Gasteiger partial charge in [0, 0.05) is 21.8 Å². The van der Waals surface area contributed by atoms with E-state index >= 15 is 0 Å². The van der Waals surface area contributed by atoms with Crippen LogP contribution in [0.1, 0.15) is 33.2 Å². The van der Waals surface area contributed by atoms with E-state index < -0.39 is 17.8 Å². The van der Waals surface area contributed by atoms with Gasteiger partial charge in [0.1, 0.15) is 11.4 Å². The summed E-state index contributed by atoms with van der Waals surface area (Å²) < 4.78 is 5.49. The minimum atomic E-state index is -1.04. The van der Waals surface area contributed by atoms with Gasteiger partial charge in [0.05, 0.1) is 17.9 Å². The van der Waals surface area contributed by atoms with E-state index in [1.165, 1.54) is 36.0 Å². The molecule has 4 aromatic rings. The summed E-state index contributed by atoms with van der Waals surface area (Å²) in [6, 6.07) is 28.6. The predicted octanol–water partition coefficient (Wildman–Crippen LogP) is 5.92. The van der Waals surface area contributed by atoms with Gasteiger partial charge in [0.2, 0.25) is 5.91 Å². The zero-order valence-corrected chi connectivity index (χ0v) is 24.0. The number of anilines is 2. The second kappa shape index (κ2) is 15.0. The Kier molecular flexibility index (Phi) is 10.7. The highest BCUT2D eigenvalue weighted by Gasteiger charge is 2.16. The van der Waals surface area contributed by atoms with Crippen molar-refractivity contribution >= 4 is 52.9 Å². The zero-order chi connectivity index (χ0) is 30.6. The first-order valence-electron chi connectivity index (χ1n) is 13.3. The first-order valence-corrected chi connectivity index (χ1v) is 14.3. The van der Waals surface area contributed by atoms with Crippen molar-refractivity contribution in [3.05, 3.63) is 126 Å². The highest BCUT2D eigenvalue weighted by atomic mass is 32.2. The molecule has 0 atom stereocenters. The summed E-state index contributed by atoms with van der Waals surface area (Å²) in [5.74, 6) is -1.49. The normalized spacial score (nSPS) is 10.9. The molecule has 0 unspecified atom stereocenters. The lowest BCUT2D eigenvalue weighted by Crippen LogP contribution is -2.30. The zero-order valence-electron chi connectivity index (χ0n) is 23.2. The maximum Gasteiger partial charge on any atom is 0.335 e. The summed E-state index contributed by atoms with van der Waals surface area (Å²) >= 11 is 1.27. The molecular formula is C33H29N3O6S. The van der Waals surface area contributed by atoms with Crippen LogP contribution in [-0.4, -0.2) is 41.2 Å². The van der Waals surface area contributed by atoms with Crippen LogP contribution in [0.2, 0.25) is 0 Å². The van der Waals surface area contributed by atoms with Crippen molar-refractivity contribution in [1.82, 2.24) is 5.32 Å². The van der Waals surface area contributed by atoms with Crippen molar-refractivity contribution in [2.45, 2.75) is 11.8 Å². The molecule has 218 valence electrons. The molecule has 9 nitrogen and oxygen atoms in total. The number of thioether (sulfide) groups is 1. The summed E-state index contributed by atoms with van der Waals surface area (Å²) in [5.41, 5.74) is 2.23. The summed E-state index contributed by atoms with van der Waals surface area (Å²) in [6.07, 6.45) is 1.58. The number of hydrogen-bond acceptors (Lipinski definition) is 6. The van der Waals surface area contributed by atoms with E-state index in [0.29, 0.717) is 34.9 Å². The van der Waals surface area contributed by atoms with Gasteiger partial charge in [-0.2, -0.15) is 0 Å². The first-order chi connectivity index (χ1) is 20.8. The molecule has 0 saturated heterocycles. The van der Waals surface area contributed by atoms with Gasteiger partial charge >= 0.3 is 5.97 Å². The molecule has 0 radical (unpaired) electrons. The van der Waals surface area contributed by atoms with Gasteiger partial charge in [0.15, 0.2) is 0 Å². The third kappa shape index (κ3) is 9.34. The molecule has 43 heavy (non-hydrogen) atoms. The quantitative estimate of drug-likeness (QED) is 0.118. The molecule has 0 fully saturated rings. The highest BCUT2D eigenvalue weighted by molar-refractivity contribution is 8.00. The Morgan fingerprint density at radius 2 is 1.51 bits per heavy atom. The molecule has 4 rings (SSSR count). The molecule has 0 aliphatic rings. The van der Waals surface area contributed by atoms with E-state index in [1.807, 2.05) is 13.0 Å². The number of nitrogens with one attached hydrogen (secondary N) is 3. The number of benzene rings is 4. The van der Waals surface area contributed by atoms with E-state index in [1.54, 1.807) is 78.9 Å². The fourth-order valence-electron chi connectivity index (χ4n) is 3.84. The van der Waals surface area contributed by atoms with Crippen molar-refractivity contribution in [2.24, 2.45) is 0 Å². The monoisotopic (exact) mass is 595 g/mol. The van der Waals surface area contributed by atoms with E-state index in [-0.39, 0.29) is 22.9 Å². The number of aromatic carboxylic acids is 1. The number of rotatable bonds is 12. The van der Waals surface area contributed by atoms with Gasteiger partial charge in [-0.3, -0.25) is 14.4 Å². The molecule has 0 aliphatic carbocycles. The van der Waals surface area contributed by atoms with Crippen LogP contribution in [0.15, 0.2) is 114 Å². The number of hydrogen-bond donors (Lipinski definition) is 4. The van der Waals surface area contributed by atoms with E-state index in [4.69, 9.17) is 9.84 Å². The van der Waals surface area contributed by atoms with Crippen LogP contribution in [-0.2, 0) is 9.59 Å². The standard InChI is InChI=1S/C33H29N3O6S/c1-2-42-27-17-11-22(12-18-27)19-29(36-31(38)23-7-4-3-5-8-23)32(39)35-26-9-6-10-28(20-26)43-21-30(37)34-25-15-13-24(14-16-25)33(40)41/h3-20H,2,21H2,1H3,(H,34,37)(H,35,39)(H,36,38)(H,40,41)/b29-19+. The fraction of sp³-hybridized carbons (Fsp3) is 0.0909. The Bertz CT molecular complexity index is 1620. The molecule has 10 heteroatoms. The third-order valence-electron chi connectivity index (χ3n) is 5.91. The largest absolute Gasteiger partial charge is 0.494 e. The van der Waals surface area contributed by atoms with Crippen LogP contribution < -0.4 is 20.7 Å². The lowest BCUT2D eigenvalue weighted by Gasteiger charge is -2.12. The Morgan fingerprint density at radius 3 is 2.19 bits per heavy atom. The number of ether oxygens (including phenoxy) is 1. The van der Waals surface area contributed by atoms with E-state index in [0.717, 1.165) is 4.90 Å². The molecular weight excluding hydrogens is 566 g/mol. The van der Waals surface area contributed by atoms with Crippen LogP contribution in [0, 0.1) is 0 Å². The fourth-order valence-corrected chi connectivity index (χ4v) is 4.60. The molecule has 0 bridgehead atoms. The second-order valence-electron chi connectivity index (χ2n) is 9.08. The summed E-state index contributed by atoms with van der Waals surface area (Å²) in [7, 11) is 0. The number of carboxylic acids is 1. The van der Waals surface area contributed by atoms with E-state index in [9.17, 15) is 19.2 Å². The molecule has 0 spiro atoms. The summed E-state index contributed by atoms with van der Waals surface area (Å²) in [4.78, 5) is 50.4. The van der Waals surface area contributed by atoms with Crippen LogP contribution >= 0.6 is 11.8 Å². The van der Waals surface area contributed by atoms with Crippen LogP contribution in [0.4, 0.5) is 11.4 Å². The Balaban J connectivity index is 1.43. The van der Waals surface area contributed by atoms with Gasteiger partial charge < -0.3 is 25.8 Å². The van der Waals surface area contributed by atoms with Gasteiger partial charge in [-0.15, -0.1) is 11.8 Å². The summed E-state index contributed by atoms with van der Waals surface area (Å²) in [5, 5.41) is 17.3. The van der Waals surface area contributed by atoms with Crippen molar-refractivity contribution in [2.75, 3.05) is 23.0 Å². The Labute approximate surface area is 253 Å². The number of amides is 3. The summed E-state index contributed by atoms with van der Waals surface area (Å²) in [6.45, 7) is 2.42. The topological polar surface area (TPSA) is 134 Å². The second-order valence-corrected chi connectivity index (χ2v) is 10.1. The molecule has 4 N–H and O–H groups in total. The highest BCUT2D eigenvalue weighted by Crippen LogP contribution is 2.23. The molecule has 3 amide bonds. The number of carboxylic acid groups (broad SMARTS) is 1. The van der Waals surface area contributed by atoms with Gasteiger partial charge in [-0.1, -0.05) is 36.4 Å². The maximum absolute atomic E-state index is 13.4. The molecule has 4 aromatic carbocycles. The van der Waals surface area contributed by atoms with Gasteiger partial charge in [0.25, 0.3) is 11.8 Å². The van der Waals surface area contributed by atoms with Crippen molar-refractivity contribution < 1.29 is 29.0 Å². The lowest BCUT2D eigenvalue weighted by molar-refractivity contribution is -0.114. The van der Waals surface area contributed by atoms with Crippen LogP contribution in [0.25, 0.3) is 6.08 Å². The molecule has 0 saturated carbocycles. The average Bonchev–Trinajstić information content (AvgIpc) is 3.01. The van der Waals surface area contributed by atoms with Crippen molar-refractivity contribution in [3.63, 3.8) is 0 Å². The van der Waals surface area contributed by atoms with Crippen molar-refractivity contribution in [1.29, 1.82) is 0 Å². The van der Waals surface area contributed by atoms with Gasteiger partial charge in [-0.05, 0) is 85.3 Å².